The molecule has 0 bridgehead atoms. The van der Waals surface area contributed by atoms with Gasteiger partial charge in [-0.05, 0) is 24.3 Å². The van der Waals surface area contributed by atoms with Crippen molar-refractivity contribution in [2.24, 2.45) is 10.7 Å². The molecule has 4 heterocycles. The number of fused-ring (bicyclic) bond motifs is 6. The maximum Gasteiger partial charge on any atom is 0.317 e. The quantitative estimate of drug-likeness (QED) is 0.0602. The highest BCUT2D eigenvalue weighted by atomic mass is 17.2. The molecule has 0 saturated carbocycles. The monoisotopic (exact) mass is 619 g/mol. The highest BCUT2D eigenvalue weighted by molar-refractivity contribution is 5.90. The van der Waals surface area contributed by atoms with Gasteiger partial charge in [0.25, 0.3) is 0 Å². The lowest BCUT2D eigenvalue weighted by Gasteiger charge is -2.40. The van der Waals surface area contributed by atoms with Crippen molar-refractivity contribution in [2.75, 3.05) is 27.1 Å². The predicted octanol–water partition coefficient (Wildman–Crippen LogP) is -0.366. The minimum atomic E-state index is -1.77. The zero-order valence-corrected chi connectivity index (χ0v) is 23.1. The number of rotatable bonds is 9. The van der Waals surface area contributed by atoms with E-state index in [1.54, 1.807) is 24.3 Å². The van der Waals surface area contributed by atoms with E-state index in [0.717, 1.165) is 5.56 Å². The van der Waals surface area contributed by atoms with Gasteiger partial charge >= 0.3 is 11.9 Å². The van der Waals surface area contributed by atoms with E-state index < -0.39 is 61.8 Å². The van der Waals surface area contributed by atoms with Gasteiger partial charge in [-0.2, -0.15) is 4.89 Å². The molecule has 44 heavy (non-hydrogen) atoms. The van der Waals surface area contributed by atoms with E-state index in [9.17, 15) is 19.8 Å². The molecule has 2 aromatic rings. The minimum absolute atomic E-state index is 0.122. The molecule has 17 nitrogen and oxygen atoms in total. The number of carboxylic acids is 1. The first-order valence-corrected chi connectivity index (χ1v) is 13.4. The lowest BCUT2D eigenvalue weighted by atomic mass is 9.89. The lowest BCUT2D eigenvalue weighted by molar-refractivity contribution is -0.372. The van der Waals surface area contributed by atoms with Gasteiger partial charge < -0.3 is 54.4 Å². The van der Waals surface area contributed by atoms with Crippen LogP contribution in [0.4, 0.5) is 0 Å². The topological polar surface area (TPSA) is 228 Å². The van der Waals surface area contributed by atoms with Crippen molar-refractivity contribution in [2.45, 2.75) is 49.1 Å². The van der Waals surface area contributed by atoms with Gasteiger partial charge in [-0.25, -0.2) is 5.48 Å². The summed E-state index contributed by atoms with van der Waals surface area (Å²) >= 11 is 0. The third kappa shape index (κ3) is 5.82. The van der Waals surface area contributed by atoms with Gasteiger partial charge in [-0.1, -0.05) is 0 Å². The van der Waals surface area contributed by atoms with E-state index in [0.29, 0.717) is 35.2 Å². The summed E-state index contributed by atoms with van der Waals surface area (Å²) in [6.07, 6.45) is -8.85. The van der Waals surface area contributed by atoms with Crippen molar-refractivity contribution in [3.05, 3.63) is 41.5 Å². The Hall–Kier alpha value is -4.55. The van der Waals surface area contributed by atoms with Crippen LogP contribution in [0.3, 0.4) is 0 Å². The largest absolute Gasteiger partial charge is 0.492 e. The Bertz CT molecular complexity index is 1450. The number of carboxylic acid groups (broad SMARTS) is 1. The number of nitrogens with zero attached hydrogens (tertiary/aromatic N) is 1. The van der Waals surface area contributed by atoms with Crippen LogP contribution in [0.5, 0.6) is 28.7 Å². The molecule has 1 saturated heterocycles. The molecule has 2 aromatic carbocycles. The molecule has 7 atom stereocenters. The normalized spacial score (nSPS) is 28.1. The maximum absolute atomic E-state index is 11.7. The molecule has 0 aromatic heterocycles. The van der Waals surface area contributed by atoms with Crippen molar-refractivity contribution in [3.63, 3.8) is 0 Å². The van der Waals surface area contributed by atoms with Crippen molar-refractivity contribution in [3.8, 4) is 28.7 Å². The number of hydrogen-bond donors (Lipinski definition) is 5. The van der Waals surface area contributed by atoms with Crippen LogP contribution in [0.2, 0.25) is 0 Å². The predicted molar refractivity (Wildman–Crippen MR) is 142 cm³/mol. The number of aliphatic imine (C=N–C) groups is 1. The molecule has 1 fully saturated rings. The summed E-state index contributed by atoms with van der Waals surface area (Å²) < 4.78 is 33.5. The Balaban J connectivity index is 1.15. The lowest BCUT2D eigenvalue weighted by Crippen LogP contribution is -2.62. The van der Waals surface area contributed by atoms with Crippen molar-refractivity contribution < 1.29 is 67.9 Å². The molecule has 0 radical (unpaired) electrons. The van der Waals surface area contributed by atoms with Crippen LogP contribution in [0.1, 0.15) is 29.6 Å². The Morgan fingerprint density at radius 3 is 2.61 bits per heavy atom. The zero-order valence-electron chi connectivity index (χ0n) is 23.1. The van der Waals surface area contributed by atoms with Crippen LogP contribution in [0.25, 0.3) is 0 Å². The number of aliphatic hydroxyl groups excluding tert-OH is 2. The molecule has 6 N–H and O–H groups in total. The van der Waals surface area contributed by atoms with Gasteiger partial charge in [0.05, 0.1) is 12.5 Å². The first-order chi connectivity index (χ1) is 21.2. The van der Waals surface area contributed by atoms with E-state index in [1.807, 2.05) is 6.07 Å². The third-order valence-corrected chi connectivity index (χ3v) is 7.37. The zero-order chi connectivity index (χ0) is 31.0. The summed E-state index contributed by atoms with van der Waals surface area (Å²) in [7, 11) is 1.38. The fourth-order valence-corrected chi connectivity index (χ4v) is 5.20. The van der Waals surface area contributed by atoms with E-state index in [4.69, 9.17) is 53.9 Å². The Labute approximate surface area is 248 Å². The highest BCUT2D eigenvalue weighted by Gasteiger charge is 2.49. The molecular weight excluding hydrogens is 590 g/mol. The summed E-state index contributed by atoms with van der Waals surface area (Å²) in [6, 6.07) is 8.59. The minimum Gasteiger partial charge on any atom is -0.492 e. The van der Waals surface area contributed by atoms with Crippen LogP contribution < -0.4 is 35.0 Å². The number of guanidine groups is 1. The average Bonchev–Trinajstić information content (AvgIpc) is 3.61. The van der Waals surface area contributed by atoms with Crippen LogP contribution in [0, 0.1) is 0 Å². The molecule has 0 spiro atoms. The number of esters is 1. The second-order valence-corrected chi connectivity index (χ2v) is 10.1. The molecule has 236 valence electrons. The summed E-state index contributed by atoms with van der Waals surface area (Å²) in [4.78, 5) is 42.6. The first-order valence-electron chi connectivity index (χ1n) is 13.4. The second-order valence-electron chi connectivity index (χ2n) is 10.1. The number of hydrogen-bond acceptors (Lipinski definition) is 14. The van der Waals surface area contributed by atoms with Gasteiger partial charge in [0.1, 0.15) is 48.9 Å². The number of benzene rings is 2. The SMILES string of the molecule is CN=C(N)NOC1C(O)C(COC(=O)CC(=O)O)OC(O)C1OOc1ccc2c(c1)C1Oc3cc4c(cc3C1CO2)OCO4. The molecule has 17 heteroatoms. The Morgan fingerprint density at radius 1 is 1.05 bits per heavy atom. The summed E-state index contributed by atoms with van der Waals surface area (Å²) in [5, 5.41) is 30.4. The van der Waals surface area contributed by atoms with Crippen LogP contribution in [-0.2, 0) is 28.8 Å². The molecule has 4 aliphatic heterocycles. The highest BCUT2D eigenvalue weighted by Crippen LogP contribution is 2.54. The molecule has 4 aliphatic rings. The Morgan fingerprint density at radius 2 is 1.84 bits per heavy atom. The second kappa shape index (κ2) is 12.2. The maximum atomic E-state index is 11.7. The van der Waals surface area contributed by atoms with Gasteiger partial charge in [0.15, 0.2) is 29.6 Å². The molecule has 6 rings (SSSR count). The van der Waals surface area contributed by atoms with Crippen molar-refractivity contribution >= 4 is 17.9 Å². The summed E-state index contributed by atoms with van der Waals surface area (Å²) in [5.41, 5.74) is 9.55. The fraction of sp³-hybridized carbons (Fsp3) is 0.444. The summed E-state index contributed by atoms with van der Waals surface area (Å²) in [5.74, 6) is -0.0624. The number of aliphatic hydroxyl groups is 2. The fourth-order valence-electron chi connectivity index (χ4n) is 5.20. The number of carbonyl (C=O) groups excluding carboxylic acids is 1. The molecule has 0 amide bonds. The number of nitrogens with one attached hydrogen (secondary N) is 1. The number of aliphatic carboxylic acids is 1. The van der Waals surface area contributed by atoms with Crippen LogP contribution >= 0.6 is 0 Å². The van der Waals surface area contributed by atoms with Crippen LogP contribution in [0.15, 0.2) is 35.3 Å². The van der Waals surface area contributed by atoms with Gasteiger partial charge in [-0.15, -0.1) is 0 Å². The summed E-state index contributed by atoms with van der Waals surface area (Å²) in [6.45, 7) is -0.0633. The van der Waals surface area contributed by atoms with E-state index in [1.165, 1.54) is 7.05 Å². The third-order valence-electron chi connectivity index (χ3n) is 7.37. The molecule has 0 aliphatic carbocycles. The van der Waals surface area contributed by atoms with Crippen LogP contribution in [-0.4, -0.2) is 91.0 Å². The smallest absolute Gasteiger partial charge is 0.317 e. The van der Waals surface area contributed by atoms with Gasteiger partial charge in [-0.3, -0.25) is 19.4 Å². The first kappa shape index (κ1) is 29.5. The van der Waals surface area contributed by atoms with Crippen molar-refractivity contribution in [1.82, 2.24) is 5.48 Å². The Kier molecular flexibility index (Phi) is 8.19. The number of nitrogens with two attached hydrogens (primary N) is 1. The van der Waals surface area contributed by atoms with E-state index >= 15 is 0 Å². The number of carbonyl (C=O) groups is 2. The van der Waals surface area contributed by atoms with Crippen molar-refractivity contribution in [1.29, 1.82) is 0 Å². The average molecular weight is 620 g/mol. The van der Waals surface area contributed by atoms with Gasteiger partial charge in [0, 0.05) is 24.2 Å². The number of ether oxygens (including phenoxy) is 6. The van der Waals surface area contributed by atoms with Gasteiger partial charge in [0.2, 0.25) is 12.8 Å². The number of hydroxylamine groups is 1. The molecule has 7 unspecified atom stereocenters. The molecular formula is C27H29N3O14. The van der Waals surface area contributed by atoms with E-state index in [2.05, 4.69) is 10.5 Å². The van der Waals surface area contributed by atoms with E-state index in [-0.39, 0.29) is 24.4 Å². The standard InChI is InChI=1S/C27H29N3O14/c1-29-27(28)30-42-24-22(34)19(9-37-21(33)7-20(31)32)41-26(35)25(24)44-43-11-2-3-15-13(4-11)23-14(8-36-15)12-5-17-18(39-10-38-17)6-16(12)40-23/h2-6,14,19,22-26,34-35H,7-10H2,1H3,(H,31,32)(H3,28,29,30).